The topological polar surface area (TPSA) is 21.3 Å². The first-order valence-electron chi connectivity index (χ1n) is 6.27. The molecule has 0 radical (unpaired) electrons. The van der Waals surface area contributed by atoms with Gasteiger partial charge in [-0.1, -0.05) is 6.42 Å². The van der Waals surface area contributed by atoms with Gasteiger partial charge in [0.05, 0.1) is 6.10 Å². The van der Waals surface area contributed by atoms with Crippen LogP contribution in [0.3, 0.4) is 0 Å². The van der Waals surface area contributed by atoms with Gasteiger partial charge in [-0.15, -0.1) is 0 Å². The summed E-state index contributed by atoms with van der Waals surface area (Å²) in [5.74, 6) is 0.998. The van der Waals surface area contributed by atoms with Crippen molar-refractivity contribution in [1.82, 2.24) is 5.32 Å². The molecule has 1 aliphatic heterocycles. The summed E-state index contributed by atoms with van der Waals surface area (Å²) in [5, 5.41) is 3.56. The highest BCUT2D eigenvalue weighted by Gasteiger charge is 2.17. The van der Waals surface area contributed by atoms with E-state index in [1.54, 1.807) is 0 Å². The summed E-state index contributed by atoms with van der Waals surface area (Å²) in [7, 11) is 0. The van der Waals surface area contributed by atoms with E-state index in [4.69, 9.17) is 4.74 Å². The number of nitrogens with one attached hydrogen (secondary N) is 1. The molecule has 1 atom stereocenters. The van der Waals surface area contributed by atoms with Crippen LogP contribution in [0.15, 0.2) is 0 Å². The molecule has 1 saturated heterocycles. The maximum atomic E-state index is 5.59. The fourth-order valence-corrected chi connectivity index (χ4v) is 2.33. The molecule has 2 fully saturated rings. The quantitative estimate of drug-likeness (QED) is 0.660. The van der Waals surface area contributed by atoms with Crippen LogP contribution >= 0.6 is 0 Å². The molecule has 2 nitrogen and oxygen atoms in total. The molecule has 2 heteroatoms. The lowest BCUT2D eigenvalue weighted by Crippen LogP contribution is -2.28. The Morgan fingerprint density at radius 1 is 1.14 bits per heavy atom. The third-order valence-corrected chi connectivity index (χ3v) is 3.56. The maximum absolute atomic E-state index is 5.59. The molecule has 2 aliphatic rings. The Kier molecular flexibility index (Phi) is 4.26. The van der Waals surface area contributed by atoms with Gasteiger partial charge in [-0.05, 0) is 57.5 Å². The lowest BCUT2D eigenvalue weighted by molar-refractivity contribution is 0.102. The van der Waals surface area contributed by atoms with Crippen molar-refractivity contribution >= 4 is 0 Å². The van der Waals surface area contributed by atoms with E-state index < -0.39 is 0 Å². The Morgan fingerprint density at radius 2 is 2.07 bits per heavy atom. The molecule has 0 aromatic rings. The Labute approximate surface area is 87.4 Å². The lowest BCUT2D eigenvalue weighted by atomic mass is 9.85. The molecular formula is C12H23NO. The van der Waals surface area contributed by atoms with Crippen LogP contribution in [0, 0.1) is 5.92 Å². The molecular weight excluding hydrogens is 174 g/mol. The SMILES string of the molecule is C1CC(CNCCCC2CCCO2)C1. The van der Waals surface area contributed by atoms with Crippen LogP contribution in [-0.4, -0.2) is 25.8 Å². The molecule has 0 aromatic carbocycles. The van der Waals surface area contributed by atoms with E-state index in [1.807, 2.05) is 0 Å². The van der Waals surface area contributed by atoms with Crippen molar-refractivity contribution in [2.75, 3.05) is 19.7 Å². The summed E-state index contributed by atoms with van der Waals surface area (Å²) >= 11 is 0. The van der Waals surface area contributed by atoms with E-state index in [1.165, 1.54) is 58.0 Å². The average molecular weight is 197 g/mol. The molecule has 1 N–H and O–H groups in total. The van der Waals surface area contributed by atoms with E-state index in [-0.39, 0.29) is 0 Å². The predicted molar refractivity (Wildman–Crippen MR) is 58.4 cm³/mol. The molecule has 0 aromatic heterocycles. The average Bonchev–Trinajstić information content (AvgIpc) is 2.60. The Morgan fingerprint density at radius 3 is 2.71 bits per heavy atom. The van der Waals surface area contributed by atoms with Crippen molar-refractivity contribution in [1.29, 1.82) is 0 Å². The monoisotopic (exact) mass is 197 g/mol. The summed E-state index contributed by atoms with van der Waals surface area (Å²) in [4.78, 5) is 0. The number of hydrogen-bond donors (Lipinski definition) is 1. The van der Waals surface area contributed by atoms with E-state index in [2.05, 4.69) is 5.32 Å². The summed E-state index contributed by atoms with van der Waals surface area (Å²) in [6, 6.07) is 0. The third-order valence-electron chi connectivity index (χ3n) is 3.56. The standard InChI is InChI=1S/C12H23NO/c1-4-11(5-1)10-13-8-2-6-12-7-3-9-14-12/h11-13H,1-10H2. The van der Waals surface area contributed by atoms with Crippen LogP contribution in [0.4, 0.5) is 0 Å². The first kappa shape index (κ1) is 10.4. The summed E-state index contributed by atoms with van der Waals surface area (Å²) in [5.41, 5.74) is 0. The number of hydrogen-bond acceptors (Lipinski definition) is 2. The van der Waals surface area contributed by atoms with Gasteiger partial charge in [-0.3, -0.25) is 0 Å². The van der Waals surface area contributed by atoms with E-state index in [0.29, 0.717) is 6.10 Å². The van der Waals surface area contributed by atoms with Crippen LogP contribution in [0.25, 0.3) is 0 Å². The van der Waals surface area contributed by atoms with Crippen molar-refractivity contribution in [2.45, 2.75) is 51.0 Å². The second-order valence-corrected chi connectivity index (χ2v) is 4.78. The normalized spacial score (nSPS) is 27.9. The molecule has 1 aliphatic carbocycles. The Balaban J connectivity index is 1.39. The van der Waals surface area contributed by atoms with Gasteiger partial charge in [-0.25, -0.2) is 0 Å². The Hall–Kier alpha value is -0.0800. The summed E-state index contributed by atoms with van der Waals surface area (Å²) < 4.78 is 5.59. The van der Waals surface area contributed by atoms with Gasteiger partial charge >= 0.3 is 0 Å². The minimum Gasteiger partial charge on any atom is -0.378 e. The van der Waals surface area contributed by atoms with Crippen molar-refractivity contribution in [3.05, 3.63) is 0 Å². The van der Waals surface area contributed by atoms with E-state index in [9.17, 15) is 0 Å². The van der Waals surface area contributed by atoms with Crippen LogP contribution in [-0.2, 0) is 4.74 Å². The minimum absolute atomic E-state index is 0.584. The molecule has 0 amide bonds. The fraction of sp³-hybridized carbons (Fsp3) is 1.00. The zero-order valence-corrected chi connectivity index (χ0v) is 9.13. The lowest BCUT2D eigenvalue weighted by Gasteiger charge is -2.25. The van der Waals surface area contributed by atoms with Crippen LogP contribution in [0.5, 0.6) is 0 Å². The van der Waals surface area contributed by atoms with E-state index in [0.717, 1.165) is 12.5 Å². The highest BCUT2D eigenvalue weighted by atomic mass is 16.5. The smallest absolute Gasteiger partial charge is 0.0576 e. The second-order valence-electron chi connectivity index (χ2n) is 4.78. The predicted octanol–water partition coefficient (Wildman–Crippen LogP) is 2.34. The van der Waals surface area contributed by atoms with Gasteiger partial charge in [0.25, 0.3) is 0 Å². The van der Waals surface area contributed by atoms with E-state index >= 15 is 0 Å². The molecule has 1 unspecified atom stereocenters. The molecule has 1 saturated carbocycles. The van der Waals surface area contributed by atoms with Crippen molar-refractivity contribution in [2.24, 2.45) is 5.92 Å². The maximum Gasteiger partial charge on any atom is 0.0576 e. The van der Waals surface area contributed by atoms with Gasteiger partial charge in [0.1, 0.15) is 0 Å². The van der Waals surface area contributed by atoms with Gasteiger partial charge in [-0.2, -0.15) is 0 Å². The molecule has 0 spiro atoms. The summed E-state index contributed by atoms with van der Waals surface area (Å²) in [6.45, 7) is 3.45. The largest absolute Gasteiger partial charge is 0.378 e. The number of rotatable bonds is 6. The molecule has 2 rings (SSSR count). The number of ether oxygens (including phenoxy) is 1. The first-order chi connectivity index (χ1) is 6.95. The highest BCUT2D eigenvalue weighted by Crippen LogP contribution is 2.25. The van der Waals surface area contributed by atoms with Crippen molar-refractivity contribution < 1.29 is 4.74 Å². The molecule has 82 valence electrons. The molecule has 1 heterocycles. The second kappa shape index (κ2) is 5.72. The summed E-state index contributed by atoms with van der Waals surface area (Å²) in [6.07, 6.45) is 10.1. The van der Waals surface area contributed by atoms with Crippen LogP contribution < -0.4 is 5.32 Å². The fourth-order valence-electron chi connectivity index (χ4n) is 2.33. The van der Waals surface area contributed by atoms with Crippen molar-refractivity contribution in [3.8, 4) is 0 Å². The van der Waals surface area contributed by atoms with Crippen LogP contribution in [0.1, 0.15) is 44.9 Å². The van der Waals surface area contributed by atoms with Gasteiger partial charge < -0.3 is 10.1 Å². The Bertz CT molecular complexity index is 150. The van der Waals surface area contributed by atoms with Crippen LogP contribution in [0.2, 0.25) is 0 Å². The van der Waals surface area contributed by atoms with Gasteiger partial charge in [0.15, 0.2) is 0 Å². The van der Waals surface area contributed by atoms with Gasteiger partial charge in [0.2, 0.25) is 0 Å². The first-order valence-corrected chi connectivity index (χ1v) is 6.27. The highest BCUT2D eigenvalue weighted by molar-refractivity contribution is 4.72. The molecule has 0 bridgehead atoms. The zero-order chi connectivity index (χ0) is 9.64. The minimum atomic E-state index is 0.584. The third kappa shape index (κ3) is 3.25. The zero-order valence-electron chi connectivity index (χ0n) is 9.13. The van der Waals surface area contributed by atoms with Gasteiger partial charge in [0, 0.05) is 6.61 Å². The van der Waals surface area contributed by atoms with Crippen molar-refractivity contribution in [3.63, 3.8) is 0 Å². The molecule has 14 heavy (non-hydrogen) atoms.